The fourth-order valence-corrected chi connectivity index (χ4v) is 4.79. The summed E-state index contributed by atoms with van der Waals surface area (Å²) in [5, 5.41) is 1.03. The molecule has 88 valence electrons. The zero-order chi connectivity index (χ0) is 12.1. The number of hydrogen-bond donors (Lipinski definition) is 0. The van der Waals surface area contributed by atoms with Crippen LogP contribution in [0.2, 0.25) is 0 Å². The summed E-state index contributed by atoms with van der Waals surface area (Å²) in [6.07, 6.45) is 0. The molecule has 0 fully saturated rings. The molecule has 17 heavy (non-hydrogen) atoms. The minimum absolute atomic E-state index is 0.486. The number of halogens is 1. The number of benzene rings is 2. The normalized spacial score (nSPS) is 12.4. The molecule has 0 amide bonds. The summed E-state index contributed by atoms with van der Waals surface area (Å²) in [5.74, 6) is 0. The second-order valence-corrected chi connectivity index (χ2v) is 7.31. The van der Waals surface area contributed by atoms with Crippen LogP contribution in [0.25, 0.3) is 0 Å². The van der Waals surface area contributed by atoms with Crippen LogP contribution < -0.4 is 4.46 Å². The number of aryl methyl sites for hydroxylation is 1. The van der Waals surface area contributed by atoms with Gasteiger partial charge in [0.25, 0.3) is 0 Å². The van der Waals surface area contributed by atoms with Crippen molar-refractivity contribution < 1.29 is 0 Å². The molecule has 1 atom stereocenters. The molecule has 0 aromatic heterocycles. The van der Waals surface area contributed by atoms with Gasteiger partial charge < -0.3 is 0 Å². The molecule has 0 radical (unpaired) electrons. The van der Waals surface area contributed by atoms with E-state index in [0.717, 1.165) is 5.33 Å². The maximum atomic E-state index is 3.64. The quantitative estimate of drug-likeness (QED) is 0.583. The first-order valence-corrected chi connectivity index (χ1v) is 8.60. The summed E-state index contributed by atoms with van der Waals surface area (Å²) in [6.45, 7) is 2.13. The Bertz CT molecular complexity index is 450. The molecule has 1 unspecified atom stereocenters. The van der Waals surface area contributed by atoms with Crippen molar-refractivity contribution in [1.82, 2.24) is 0 Å². The number of rotatable bonds is 4. The van der Waals surface area contributed by atoms with E-state index in [9.17, 15) is 0 Å². The van der Waals surface area contributed by atoms with Gasteiger partial charge in [-0.05, 0) is 0 Å². The van der Waals surface area contributed by atoms with Crippen LogP contribution in [0.3, 0.4) is 0 Å². The molecule has 0 saturated heterocycles. The second kappa shape index (κ2) is 6.39. The third-order valence-corrected chi connectivity index (χ3v) is 6.88. The monoisotopic (exact) mass is 354 g/mol. The van der Waals surface area contributed by atoms with Gasteiger partial charge in [-0.3, -0.25) is 0 Å². The summed E-state index contributed by atoms with van der Waals surface area (Å²) in [4.78, 5) is 0.616. The van der Waals surface area contributed by atoms with Crippen molar-refractivity contribution in [2.45, 2.75) is 11.7 Å². The second-order valence-electron chi connectivity index (χ2n) is 3.98. The van der Waals surface area contributed by atoms with E-state index in [1.165, 1.54) is 15.6 Å². The maximum absolute atomic E-state index is 3.64. The molecule has 0 bridgehead atoms. The SMILES string of the molecule is Cc1ccc(C(CBr)[Se]c2ccccc2)cc1. The zero-order valence-electron chi connectivity index (χ0n) is 9.77. The van der Waals surface area contributed by atoms with Gasteiger partial charge in [0.1, 0.15) is 0 Å². The van der Waals surface area contributed by atoms with Gasteiger partial charge in [-0.25, -0.2) is 0 Å². The van der Waals surface area contributed by atoms with Gasteiger partial charge in [-0.15, -0.1) is 0 Å². The Labute approximate surface area is 118 Å². The van der Waals surface area contributed by atoms with E-state index in [-0.39, 0.29) is 0 Å². The zero-order valence-corrected chi connectivity index (χ0v) is 13.1. The van der Waals surface area contributed by atoms with Crippen molar-refractivity contribution in [1.29, 1.82) is 0 Å². The first-order chi connectivity index (χ1) is 8.29. The average molecular weight is 354 g/mol. The van der Waals surface area contributed by atoms with E-state index in [1.807, 2.05) is 0 Å². The Kier molecular flexibility index (Phi) is 4.85. The topological polar surface area (TPSA) is 0 Å². The van der Waals surface area contributed by atoms with Crippen LogP contribution in [0.15, 0.2) is 54.6 Å². The van der Waals surface area contributed by atoms with Gasteiger partial charge in [0.05, 0.1) is 0 Å². The van der Waals surface area contributed by atoms with Crippen molar-refractivity contribution in [2.75, 3.05) is 5.33 Å². The molecule has 0 heterocycles. The van der Waals surface area contributed by atoms with E-state index >= 15 is 0 Å². The Hall–Kier alpha value is -0.561. The van der Waals surface area contributed by atoms with Gasteiger partial charge in [0, 0.05) is 0 Å². The Morgan fingerprint density at radius 3 is 2.24 bits per heavy atom. The molecule has 0 nitrogen and oxygen atoms in total. The summed E-state index contributed by atoms with van der Waals surface area (Å²) < 4.78 is 1.46. The predicted molar refractivity (Wildman–Crippen MR) is 79.5 cm³/mol. The van der Waals surface area contributed by atoms with Gasteiger partial charge in [-0.1, -0.05) is 0 Å². The van der Waals surface area contributed by atoms with E-state index in [1.54, 1.807) is 0 Å². The summed E-state index contributed by atoms with van der Waals surface area (Å²) in [7, 11) is 0. The van der Waals surface area contributed by atoms with E-state index in [2.05, 4.69) is 77.5 Å². The summed E-state index contributed by atoms with van der Waals surface area (Å²) >= 11 is 4.13. The van der Waals surface area contributed by atoms with Crippen LogP contribution in [-0.4, -0.2) is 20.3 Å². The first-order valence-electron chi connectivity index (χ1n) is 5.64. The van der Waals surface area contributed by atoms with Gasteiger partial charge in [0.15, 0.2) is 0 Å². The van der Waals surface area contributed by atoms with E-state index in [4.69, 9.17) is 0 Å². The third-order valence-electron chi connectivity index (χ3n) is 2.61. The fourth-order valence-electron chi connectivity index (χ4n) is 1.63. The Balaban J connectivity index is 2.14. The van der Waals surface area contributed by atoms with E-state index < -0.39 is 0 Å². The molecular weight excluding hydrogens is 339 g/mol. The van der Waals surface area contributed by atoms with Crippen LogP contribution in [0.4, 0.5) is 0 Å². The third kappa shape index (κ3) is 3.70. The van der Waals surface area contributed by atoms with Crippen LogP contribution in [0, 0.1) is 6.92 Å². The molecule has 2 aromatic carbocycles. The van der Waals surface area contributed by atoms with Crippen molar-refractivity contribution >= 4 is 35.3 Å². The molecule has 0 saturated carbocycles. The molecule has 2 rings (SSSR count). The standard InChI is InChI=1S/C15H15BrSe/c1-12-7-9-13(10-8-12)15(11-16)17-14-5-3-2-4-6-14/h2-10,15H,11H2,1H3. The van der Waals surface area contributed by atoms with Crippen molar-refractivity contribution in [3.05, 3.63) is 65.7 Å². The average Bonchev–Trinajstić information content (AvgIpc) is 2.38. The van der Waals surface area contributed by atoms with Gasteiger partial charge in [-0.2, -0.15) is 0 Å². The van der Waals surface area contributed by atoms with Crippen LogP contribution in [0.1, 0.15) is 15.9 Å². The van der Waals surface area contributed by atoms with E-state index in [0.29, 0.717) is 19.8 Å². The molecule has 0 aliphatic rings. The van der Waals surface area contributed by atoms with Crippen LogP contribution >= 0.6 is 15.9 Å². The molecule has 0 N–H and O–H groups in total. The Morgan fingerprint density at radius 2 is 1.65 bits per heavy atom. The summed E-state index contributed by atoms with van der Waals surface area (Å²) in [5.41, 5.74) is 2.77. The van der Waals surface area contributed by atoms with Crippen LogP contribution in [-0.2, 0) is 0 Å². The van der Waals surface area contributed by atoms with Crippen molar-refractivity contribution in [2.24, 2.45) is 0 Å². The molecule has 2 aromatic rings. The molecule has 0 aliphatic carbocycles. The number of alkyl halides is 1. The Morgan fingerprint density at radius 1 is 1.00 bits per heavy atom. The van der Waals surface area contributed by atoms with Gasteiger partial charge in [0.2, 0.25) is 0 Å². The minimum atomic E-state index is 0.486. The predicted octanol–water partition coefficient (Wildman–Crippen LogP) is 3.46. The van der Waals surface area contributed by atoms with Crippen molar-refractivity contribution in [3.8, 4) is 0 Å². The fraction of sp³-hybridized carbons (Fsp3) is 0.200. The molecule has 2 heteroatoms. The molecular formula is C15H15BrSe. The van der Waals surface area contributed by atoms with Crippen molar-refractivity contribution in [3.63, 3.8) is 0 Å². The first kappa shape index (κ1) is 12.9. The molecule has 0 spiro atoms. The number of hydrogen-bond acceptors (Lipinski definition) is 0. The van der Waals surface area contributed by atoms with Crippen LogP contribution in [0.5, 0.6) is 0 Å². The molecule has 0 aliphatic heterocycles. The van der Waals surface area contributed by atoms with Gasteiger partial charge >= 0.3 is 118 Å². The summed E-state index contributed by atoms with van der Waals surface area (Å²) in [6, 6.07) is 19.7.